The molecular formula is C20H26ClN3O4. The highest BCUT2D eigenvalue weighted by molar-refractivity contribution is 6.30. The highest BCUT2D eigenvalue weighted by Crippen LogP contribution is 2.27. The van der Waals surface area contributed by atoms with Gasteiger partial charge in [-0.1, -0.05) is 11.6 Å². The largest absolute Gasteiger partial charge is 0.444 e. The maximum Gasteiger partial charge on any atom is 0.410 e. The quantitative estimate of drug-likeness (QED) is 0.755. The van der Waals surface area contributed by atoms with Gasteiger partial charge < -0.3 is 19.4 Å². The Hall–Kier alpha value is -2.28. The van der Waals surface area contributed by atoms with E-state index in [1.165, 1.54) is 0 Å². The number of carbonyl (C=O) groups excluding carboxylic acids is 3. The van der Waals surface area contributed by atoms with Gasteiger partial charge in [0.25, 0.3) is 0 Å². The lowest BCUT2D eigenvalue weighted by atomic mass is 10.1. The Labute approximate surface area is 170 Å². The molecule has 152 valence electrons. The minimum atomic E-state index is -0.542. The number of amides is 3. The van der Waals surface area contributed by atoms with E-state index in [1.807, 2.05) is 20.8 Å². The summed E-state index contributed by atoms with van der Waals surface area (Å²) >= 11 is 5.90. The molecule has 3 amide bonds. The summed E-state index contributed by atoms with van der Waals surface area (Å²) in [5.74, 6) is -0.460. The molecule has 7 nitrogen and oxygen atoms in total. The summed E-state index contributed by atoms with van der Waals surface area (Å²) in [6.07, 6.45) is -0.155. The molecule has 0 radical (unpaired) electrons. The molecule has 1 aromatic carbocycles. The van der Waals surface area contributed by atoms with Crippen LogP contribution in [0.5, 0.6) is 0 Å². The van der Waals surface area contributed by atoms with Crippen molar-refractivity contribution in [3.63, 3.8) is 0 Å². The average Bonchev–Trinajstić information content (AvgIpc) is 3.02. The predicted molar refractivity (Wildman–Crippen MR) is 106 cm³/mol. The molecule has 0 bridgehead atoms. The Morgan fingerprint density at radius 3 is 2.18 bits per heavy atom. The topological polar surface area (TPSA) is 70.2 Å². The monoisotopic (exact) mass is 407 g/mol. The molecule has 28 heavy (non-hydrogen) atoms. The van der Waals surface area contributed by atoms with Gasteiger partial charge in [-0.05, 0) is 45.0 Å². The van der Waals surface area contributed by atoms with Gasteiger partial charge >= 0.3 is 6.09 Å². The highest BCUT2D eigenvalue weighted by atomic mass is 35.5. The first-order valence-corrected chi connectivity index (χ1v) is 9.84. The number of carbonyl (C=O) groups is 3. The van der Waals surface area contributed by atoms with E-state index in [2.05, 4.69) is 0 Å². The third kappa shape index (κ3) is 4.76. The van der Waals surface area contributed by atoms with E-state index in [0.29, 0.717) is 37.7 Å². The number of ether oxygens (including phenoxy) is 1. The van der Waals surface area contributed by atoms with Crippen LogP contribution in [0.3, 0.4) is 0 Å². The summed E-state index contributed by atoms with van der Waals surface area (Å²) in [7, 11) is 0. The van der Waals surface area contributed by atoms with Crippen molar-refractivity contribution in [1.82, 2.24) is 9.80 Å². The summed E-state index contributed by atoms with van der Waals surface area (Å²) in [6.45, 7) is 7.61. The second-order valence-electron chi connectivity index (χ2n) is 8.17. The normalized spacial score (nSPS) is 20.5. The number of hydrogen-bond donors (Lipinski definition) is 0. The molecule has 2 aliphatic heterocycles. The first-order valence-electron chi connectivity index (χ1n) is 9.47. The van der Waals surface area contributed by atoms with Crippen molar-refractivity contribution in [1.29, 1.82) is 0 Å². The van der Waals surface area contributed by atoms with Crippen LogP contribution in [0.2, 0.25) is 5.02 Å². The Morgan fingerprint density at radius 2 is 1.61 bits per heavy atom. The highest BCUT2D eigenvalue weighted by Gasteiger charge is 2.38. The summed E-state index contributed by atoms with van der Waals surface area (Å²) in [4.78, 5) is 42.4. The van der Waals surface area contributed by atoms with Gasteiger partial charge in [-0.3, -0.25) is 9.59 Å². The molecule has 1 aromatic rings. The van der Waals surface area contributed by atoms with Gasteiger partial charge in [-0.25, -0.2) is 4.79 Å². The molecule has 2 fully saturated rings. The van der Waals surface area contributed by atoms with Crippen LogP contribution < -0.4 is 4.90 Å². The van der Waals surface area contributed by atoms with Gasteiger partial charge in [0, 0.05) is 49.9 Å². The molecule has 2 saturated heterocycles. The summed E-state index contributed by atoms with van der Waals surface area (Å²) < 4.78 is 5.38. The zero-order chi connectivity index (χ0) is 20.5. The van der Waals surface area contributed by atoms with Gasteiger partial charge in [0.2, 0.25) is 11.8 Å². The Balaban J connectivity index is 1.55. The predicted octanol–water partition coefficient (Wildman–Crippen LogP) is 2.77. The van der Waals surface area contributed by atoms with Crippen LogP contribution in [0, 0.1) is 5.92 Å². The molecule has 2 heterocycles. The van der Waals surface area contributed by atoms with Gasteiger partial charge in [-0.2, -0.15) is 0 Å². The van der Waals surface area contributed by atoms with E-state index >= 15 is 0 Å². The Bertz CT molecular complexity index is 752. The number of benzene rings is 1. The number of rotatable bonds is 2. The minimum absolute atomic E-state index is 0.0337. The van der Waals surface area contributed by atoms with Gasteiger partial charge in [0.1, 0.15) is 5.60 Å². The van der Waals surface area contributed by atoms with Crippen molar-refractivity contribution in [2.45, 2.75) is 32.8 Å². The minimum Gasteiger partial charge on any atom is -0.444 e. The van der Waals surface area contributed by atoms with Crippen molar-refractivity contribution in [2.75, 3.05) is 37.6 Å². The lowest BCUT2D eigenvalue weighted by Gasteiger charge is -2.36. The fourth-order valence-corrected chi connectivity index (χ4v) is 3.56. The summed E-state index contributed by atoms with van der Waals surface area (Å²) in [6, 6.07) is 7.03. The molecule has 1 atom stereocenters. The average molecular weight is 408 g/mol. The third-order valence-electron chi connectivity index (χ3n) is 4.86. The van der Waals surface area contributed by atoms with E-state index in [9.17, 15) is 14.4 Å². The molecule has 0 spiro atoms. The smallest absolute Gasteiger partial charge is 0.410 e. The Morgan fingerprint density at radius 1 is 1.04 bits per heavy atom. The van der Waals surface area contributed by atoms with Crippen molar-refractivity contribution < 1.29 is 19.1 Å². The molecule has 0 N–H and O–H groups in total. The van der Waals surface area contributed by atoms with Crippen LogP contribution in [0.4, 0.5) is 10.5 Å². The van der Waals surface area contributed by atoms with Gasteiger partial charge in [-0.15, -0.1) is 0 Å². The van der Waals surface area contributed by atoms with Crippen molar-refractivity contribution in [2.24, 2.45) is 5.92 Å². The molecule has 3 rings (SSSR count). The Kier molecular flexibility index (Phi) is 5.84. The second-order valence-corrected chi connectivity index (χ2v) is 8.61. The molecule has 0 aromatic heterocycles. The van der Waals surface area contributed by atoms with Crippen LogP contribution in [0.25, 0.3) is 0 Å². The van der Waals surface area contributed by atoms with Gasteiger partial charge in [0.05, 0.1) is 5.92 Å². The van der Waals surface area contributed by atoms with Crippen molar-refractivity contribution in [3.8, 4) is 0 Å². The van der Waals surface area contributed by atoms with E-state index in [-0.39, 0.29) is 30.2 Å². The van der Waals surface area contributed by atoms with E-state index < -0.39 is 5.60 Å². The molecule has 2 aliphatic rings. The number of nitrogens with zero attached hydrogens (tertiary/aromatic N) is 3. The maximum atomic E-state index is 12.9. The lowest BCUT2D eigenvalue weighted by molar-refractivity contribution is -0.137. The van der Waals surface area contributed by atoms with Crippen LogP contribution in [-0.4, -0.2) is 66.0 Å². The lowest BCUT2D eigenvalue weighted by Crippen LogP contribution is -2.53. The molecular weight excluding hydrogens is 382 g/mol. The number of hydrogen-bond acceptors (Lipinski definition) is 4. The number of anilines is 1. The molecule has 8 heteroatoms. The zero-order valence-corrected chi connectivity index (χ0v) is 17.2. The van der Waals surface area contributed by atoms with Crippen molar-refractivity contribution >= 4 is 35.2 Å². The van der Waals surface area contributed by atoms with E-state index in [0.717, 1.165) is 5.69 Å². The molecule has 0 unspecified atom stereocenters. The summed E-state index contributed by atoms with van der Waals surface area (Å²) in [5, 5.41) is 0.603. The molecule has 0 saturated carbocycles. The SMILES string of the molecule is CC(C)(C)OC(=O)N1CCN(C(=O)[C@@H]2CC(=O)N(c3ccc(Cl)cc3)C2)CC1. The molecule has 0 aliphatic carbocycles. The maximum absolute atomic E-state index is 12.9. The van der Waals surface area contributed by atoms with Crippen LogP contribution >= 0.6 is 11.6 Å². The van der Waals surface area contributed by atoms with E-state index in [1.54, 1.807) is 39.0 Å². The van der Waals surface area contributed by atoms with Crippen LogP contribution in [0.1, 0.15) is 27.2 Å². The first-order chi connectivity index (χ1) is 13.1. The standard InChI is InChI=1S/C20H26ClN3O4/c1-20(2,3)28-19(27)23-10-8-22(9-11-23)18(26)14-12-17(25)24(13-14)16-6-4-15(21)5-7-16/h4-7,14H,8-13H2,1-3H3/t14-/m1/s1. The first kappa shape index (κ1) is 20.5. The van der Waals surface area contributed by atoms with Crippen molar-refractivity contribution in [3.05, 3.63) is 29.3 Å². The fraction of sp³-hybridized carbons (Fsp3) is 0.550. The summed E-state index contributed by atoms with van der Waals surface area (Å²) in [5.41, 5.74) is 0.207. The second kappa shape index (κ2) is 7.99. The zero-order valence-electron chi connectivity index (χ0n) is 16.5. The van der Waals surface area contributed by atoms with Crippen LogP contribution in [-0.2, 0) is 14.3 Å². The van der Waals surface area contributed by atoms with Gasteiger partial charge in [0.15, 0.2) is 0 Å². The number of halogens is 1. The fourth-order valence-electron chi connectivity index (χ4n) is 3.44. The van der Waals surface area contributed by atoms with Crippen LogP contribution in [0.15, 0.2) is 24.3 Å². The third-order valence-corrected chi connectivity index (χ3v) is 5.11. The van der Waals surface area contributed by atoms with E-state index in [4.69, 9.17) is 16.3 Å². The number of piperazine rings is 1.